The molecule has 0 aromatic heterocycles. The van der Waals surface area contributed by atoms with Crippen LogP contribution in [0.25, 0.3) is 0 Å². The Morgan fingerprint density at radius 3 is 1.73 bits per heavy atom. The van der Waals surface area contributed by atoms with Crippen LogP contribution in [0.3, 0.4) is 0 Å². The molecule has 0 aromatic carbocycles. The van der Waals surface area contributed by atoms with Crippen molar-refractivity contribution in [2.75, 3.05) is 6.61 Å². The van der Waals surface area contributed by atoms with E-state index in [0.29, 0.717) is 0 Å². The van der Waals surface area contributed by atoms with Crippen molar-refractivity contribution in [2.45, 2.75) is 40.0 Å². The zero-order valence-electron chi connectivity index (χ0n) is 7.74. The molecule has 0 unspecified atom stereocenters. The summed E-state index contributed by atoms with van der Waals surface area (Å²) in [6.45, 7) is 7.29. The lowest BCUT2D eigenvalue weighted by Crippen LogP contribution is -1.98. The van der Waals surface area contributed by atoms with Crippen molar-refractivity contribution < 1.29 is 4.43 Å². The molecule has 0 rings (SSSR count). The van der Waals surface area contributed by atoms with Crippen molar-refractivity contribution in [3.8, 4) is 0 Å². The Morgan fingerprint density at radius 1 is 1.00 bits per heavy atom. The van der Waals surface area contributed by atoms with Gasteiger partial charge in [-0.05, 0) is 24.8 Å². The third kappa shape index (κ3) is 3.73. The van der Waals surface area contributed by atoms with Gasteiger partial charge in [-0.15, -0.1) is 0 Å². The summed E-state index contributed by atoms with van der Waals surface area (Å²) < 4.78 is 4.93. The summed E-state index contributed by atoms with van der Waals surface area (Å²) in [6.07, 6.45) is 3.39. The Labute approximate surface area is 73.4 Å². The second-order valence-electron chi connectivity index (χ2n) is 2.56. The third-order valence-corrected chi connectivity index (χ3v) is 2.17. The zero-order chi connectivity index (χ0) is 8.69. The molecule has 11 heavy (non-hydrogen) atoms. The van der Waals surface area contributed by atoms with Gasteiger partial charge < -0.3 is 4.43 Å². The molecule has 0 bridgehead atoms. The first-order valence-corrected chi connectivity index (χ1v) is 4.69. The molecule has 0 saturated carbocycles. The lowest BCUT2D eigenvalue weighted by atomic mass is 10.0. The first-order valence-electron chi connectivity index (χ1n) is 4.28. The average molecular weight is 169 g/mol. The minimum Gasteiger partial charge on any atom is -0.415 e. The van der Waals surface area contributed by atoms with E-state index >= 15 is 0 Å². The molecule has 0 aromatic rings. The van der Waals surface area contributed by atoms with Crippen molar-refractivity contribution >= 4 is 10.5 Å². The van der Waals surface area contributed by atoms with Crippen LogP contribution in [-0.2, 0) is 4.43 Å². The van der Waals surface area contributed by atoms with E-state index in [0.717, 1.165) is 25.9 Å². The highest BCUT2D eigenvalue weighted by Gasteiger charge is 1.99. The highest BCUT2D eigenvalue weighted by atomic mass is 28.2. The maximum Gasteiger partial charge on any atom is 0.246 e. The third-order valence-electron chi connectivity index (χ3n) is 2.03. The van der Waals surface area contributed by atoms with Crippen LogP contribution in [-0.4, -0.2) is 17.1 Å². The van der Waals surface area contributed by atoms with E-state index in [9.17, 15) is 0 Å². The number of rotatable bonds is 5. The van der Waals surface area contributed by atoms with Crippen molar-refractivity contribution in [3.05, 3.63) is 11.1 Å². The number of hydrogen-bond acceptors (Lipinski definition) is 1. The van der Waals surface area contributed by atoms with Gasteiger partial charge in [-0.25, -0.2) is 0 Å². The Kier molecular flexibility index (Phi) is 6.57. The molecule has 63 valence electrons. The Hall–Kier alpha value is -0.0831. The van der Waals surface area contributed by atoms with Gasteiger partial charge in [0.15, 0.2) is 0 Å². The van der Waals surface area contributed by atoms with Crippen molar-refractivity contribution in [1.82, 2.24) is 0 Å². The predicted octanol–water partition coefficient (Wildman–Crippen LogP) is 2.61. The first kappa shape index (κ1) is 10.9. The average Bonchev–Trinajstić information content (AvgIpc) is 2.05. The van der Waals surface area contributed by atoms with Crippen molar-refractivity contribution in [3.63, 3.8) is 0 Å². The second-order valence-corrected chi connectivity index (χ2v) is 2.85. The van der Waals surface area contributed by atoms with Gasteiger partial charge in [-0.3, -0.25) is 0 Å². The molecule has 0 N–H and O–H groups in total. The molecule has 0 fully saturated rings. The topological polar surface area (TPSA) is 9.23 Å². The summed E-state index contributed by atoms with van der Waals surface area (Å²) >= 11 is 0. The fraction of sp³-hybridized carbons (Fsp3) is 0.778. The van der Waals surface area contributed by atoms with Gasteiger partial charge in [0, 0.05) is 0 Å². The molecule has 0 spiro atoms. The monoisotopic (exact) mass is 169 g/mol. The van der Waals surface area contributed by atoms with Crippen molar-refractivity contribution in [1.29, 1.82) is 0 Å². The molecule has 0 aliphatic carbocycles. The summed E-state index contributed by atoms with van der Waals surface area (Å²) in [5.41, 5.74) is 2.97. The van der Waals surface area contributed by atoms with Gasteiger partial charge in [0.05, 0.1) is 6.61 Å². The smallest absolute Gasteiger partial charge is 0.246 e. The minimum absolute atomic E-state index is 0.727. The molecular weight excluding hydrogens is 152 g/mol. The largest absolute Gasteiger partial charge is 0.415 e. The fourth-order valence-corrected chi connectivity index (χ4v) is 1.47. The summed E-state index contributed by atoms with van der Waals surface area (Å²) in [5.74, 6) is 0. The molecular formula is C9H17OSi. The summed E-state index contributed by atoms with van der Waals surface area (Å²) in [7, 11) is 3.03. The normalized spacial score (nSPS) is 9.82. The Morgan fingerprint density at radius 2 is 1.45 bits per heavy atom. The second kappa shape index (κ2) is 6.62. The van der Waals surface area contributed by atoms with Crippen LogP contribution in [0.15, 0.2) is 11.1 Å². The van der Waals surface area contributed by atoms with Crippen LogP contribution in [0, 0.1) is 0 Å². The summed E-state index contributed by atoms with van der Waals surface area (Å²) in [4.78, 5) is 0. The molecule has 1 nitrogen and oxygen atoms in total. The molecule has 3 radical (unpaired) electrons. The molecule has 0 amide bonds. The molecule has 0 saturated heterocycles. The van der Waals surface area contributed by atoms with E-state index in [1.807, 2.05) is 0 Å². The Balaban J connectivity index is 4.21. The highest BCUT2D eigenvalue weighted by molar-refractivity contribution is 5.98. The maximum absolute atomic E-state index is 4.93. The van der Waals surface area contributed by atoms with Crippen molar-refractivity contribution in [2.24, 2.45) is 0 Å². The van der Waals surface area contributed by atoms with Gasteiger partial charge in [-0.1, -0.05) is 26.3 Å². The van der Waals surface area contributed by atoms with E-state index in [-0.39, 0.29) is 0 Å². The van der Waals surface area contributed by atoms with E-state index < -0.39 is 0 Å². The van der Waals surface area contributed by atoms with E-state index in [2.05, 4.69) is 31.3 Å². The molecule has 0 aliphatic heterocycles. The maximum atomic E-state index is 4.93. The van der Waals surface area contributed by atoms with Gasteiger partial charge in [-0.2, -0.15) is 0 Å². The standard InChI is InChI=1S/C9H17OSi/c1-4-8(5-2)9(6-3)7-10-11/h4-7H2,1-3H3. The van der Waals surface area contributed by atoms with Gasteiger partial charge in [0.25, 0.3) is 0 Å². The first-order chi connectivity index (χ1) is 5.29. The van der Waals surface area contributed by atoms with E-state index in [1.165, 1.54) is 11.1 Å². The van der Waals surface area contributed by atoms with Gasteiger partial charge in [0.2, 0.25) is 10.5 Å². The van der Waals surface area contributed by atoms with Crippen LogP contribution >= 0.6 is 0 Å². The lowest BCUT2D eigenvalue weighted by molar-refractivity contribution is 0.381. The van der Waals surface area contributed by atoms with Crippen LogP contribution in [0.1, 0.15) is 40.0 Å². The summed E-state index contributed by atoms with van der Waals surface area (Å²) in [6, 6.07) is 0. The van der Waals surface area contributed by atoms with Gasteiger partial charge in [0.1, 0.15) is 0 Å². The quantitative estimate of drug-likeness (QED) is 0.454. The molecule has 0 aliphatic rings. The number of hydrogen-bond donors (Lipinski definition) is 0. The van der Waals surface area contributed by atoms with E-state index in [1.54, 1.807) is 0 Å². The minimum atomic E-state index is 0.727. The highest BCUT2D eigenvalue weighted by Crippen LogP contribution is 2.15. The summed E-state index contributed by atoms with van der Waals surface area (Å²) in [5, 5.41) is 0. The van der Waals surface area contributed by atoms with E-state index in [4.69, 9.17) is 4.43 Å². The van der Waals surface area contributed by atoms with Crippen LogP contribution < -0.4 is 0 Å². The fourth-order valence-electron chi connectivity index (χ4n) is 1.29. The SMILES string of the molecule is CCC(CC)=C(CC)CO[Si]. The molecule has 0 atom stereocenters. The lowest BCUT2D eigenvalue weighted by Gasteiger charge is -2.09. The number of allylic oxidation sites excluding steroid dienone is 1. The zero-order valence-corrected chi connectivity index (χ0v) is 8.74. The van der Waals surface area contributed by atoms with Gasteiger partial charge >= 0.3 is 0 Å². The van der Waals surface area contributed by atoms with Crippen LogP contribution in [0.5, 0.6) is 0 Å². The molecule has 0 heterocycles. The predicted molar refractivity (Wildman–Crippen MR) is 49.6 cm³/mol. The Bertz CT molecular complexity index is 124. The van der Waals surface area contributed by atoms with Crippen LogP contribution in [0.4, 0.5) is 0 Å². The molecule has 2 heteroatoms. The van der Waals surface area contributed by atoms with Crippen LogP contribution in [0.2, 0.25) is 0 Å².